The van der Waals surface area contributed by atoms with Crippen LogP contribution in [0, 0.1) is 5.92 Å². The molecule has 0 spiro atoms. The highest BCUT2D eigenvalue weighted by molar-refractivity contribution is 6.32. The van der Waals surface area contributed by atoms with Crippen LogP contribution in [0.4, 0.5) is 33.6 Å². The maximum atomic E-state index is 13.5. The number of hydrogen-bond acceptors (Lipinski definition) is 7. The highest BCUT2D eigenvalue weighted by Gasteiger charge is 2.29. The average Bonchev–Trinajstić information content (AvgIpc) is 3.03. The minimum Gasteiger partial charge on any atom is -0.341 e. The number of halogens is 1. The van der Waals surface area contributed by atoms with Crippen LogP contribution in [-0.2, 0) is 24.2 Å². The van der Waals surface area contributed by atoms with Gasteiger partial charge in [0.2, 0.25) is 11.9 Å². The van der Waals surface area contributed by atoms with Crippen LogP contribution in [0.3, 0.4) is 0 Å². The molecular weight excluding hydrogens is 564 g/mol. The van der Waals surface area contributed by atoms with Gasteiger partial charge in [-0.25, -0.2) is 9.78 Å². The Morgan fingerprint density at radius 3 is 2.63 bits per heavy atom. The third kappa shape index (κ3) is 6.86. The maximum Gasteiger partial charge on any atom is 0.321 e. The molecule has 11 heteroatoms. The Balaban J connectivity index is 1.14. The summed E-state index contributed by atoms with van der Waals surface area (Å²) >= 11 is 6.41. The molecule has 43 heavy (non-hydrogen) atoms. The van der Waals surface area contributed by atoms with Crippen LogP contribution in [-0.4, -0.2) is 56.8 Å². The first-order chi connectivity index (χ1) is 20.9. The molecule has 10 nitrogen and oxygen atoms in total. The second kappa shape index (κ2) is 12.7. The zero-order chi connectivity index (χ0) is 29.8. The number of urea groups is 1. The molecule has 2 aliphatic heterocycles. The molecular formula is C32H33ClN8O2. The summed E-state index contributed by atoms with van der Waals surface area (Å²) in [6.07, 6.45) is 7.99. The van der Waals surface area contributed by atoms with E-state index in [9.17, 15) is 9.59 Å². The van der Waals surface area contributed by atoms with Gasteiger partial charge in [-0.05, 0) is 72.7 Å². The number of aryl methyl sites for hydroxylation is 2. The first-order valence-electron chi connectivity index (χ1n) is 14.4. The van der Waals surface area contributed by atoms with Crippen LogP contribution in [0.15, 0.2) is 73.2 Å². The van der Waals surface area contributed by atoms with Gasteiger partial charge in [0.1, 0.15) is 5.02 Å². The van der Waals surface area contributed by atoms with E-state index < -0.39 is 0 Å². The van der Waals surface area contributed by atoms with E-state index in [1.807, 2.05) is 60.6 Å². The van der Waals surface area contributed by atoms with Gasteiger partial charge in [-0.3, -0.25) is 9.78 Å². The fourth-order valence-electron chi connectivity index (χ4n) is 5.54. The van der Waals surface area contributed by atoms with Gasteiger partial charge < -0.3 is 25.8 Å². The summed E-state index contributed by atoms with van der Waals surface area (Å²) in [5, 5.41) is 9.87. The lowest BCUT2D eigenvalue weighted by Gasteiger charge is -2.33. The molecule has 3 amide bonds. The zero-order valence-corrected chi connectivity index (χ0v) is 24.6. The number of carbonyl (C=O) groups is 2. The summed E-state index contributed by atoms with van der Waals surface area (Å²) in [6.45, 7) is 1.58. The lowest BCUT2D eigenvalue weighted by molar-refractivity contribution is -0.136. The van der Waals surface area contributed by atoms with Gasteiger partial charge in [-0.15, -0.1) is 0 Å². The number of likely N-dealkylation sites (tertiary alicyclic amines) is 1. The van der Waals surface area contributed by atoms with Crippen molar-refractivity contribution in [3.8, 4) is 0 Å². The molecule has 2 aromatic heterocycles. The average molecular weight is 597 g/mol. The number of anilines is 5. The summed E-state index contributed by atoms with van der Waals surface area (Å²) in [4.78, 5) is 43.0. The van der Waals surface area contributed by atoms with Crippen LogP contribution in [0.5, 0.6) is 0 Å². The molecule has 3 N–H and O–H groups in total. The number of nitrogens with one attached hydrogen (secondary N) is 3. The standard InChI is InChI=1S/C32H33ClN8O2/c1-40(30(42)22-11-13-41(14-12-22)32(43)38-25-5-3-2-4-6-25)20-24-9-10-26-16-23(24)8-7-21-15-27(18-34-17-21)37-31-35-19-28(33)29(36-26)39-31/h2-6,9-10,15-19,22H,7-8,11-14,20H2,1H3,(H,38,43)(H2,35,36,37,39). The van der Waals surface area contributed by atoms with Crippen LogP contribution < -0.4 is 16.0 Å². The van der Waals surface area contributed by atoms with Crippen LogP contribution in [0.2, 0.25) is 5.02 Å². The minimum absolute atomic E-state index is 0.102. The van der Waals surface area contributed by atoms with Gasteiger partial charge in [0.05, 0.1) is 18.1 Å². The Morgan fingerprint density at radius 1 is 1.00 bits per heavy atom. The zero-order valence-electron chi connectivity index (χ0n) is 23.9. The summed E-state index contributed by atoms with van der Waals surface area (Å²) in [6, 6.07) is 17.5. The van der Waals surface area contributed by atoms with E-state index in [2.05, 4.69) is 43.0 Å². The second-order valence-corrected chi connectivity index (χ2v) is 11.4. The molecule has 0 atom stereocenters. The van der Waals surface area contributed by atoms with E-state index in [1.54, 1.807) is 17.3 Å². The van der Waals surface area contributed by atoms with Crippen LogP contribution in [0.1, 0.15) is 29.5 Å². The van der Waals surface area contributed by atoms with Crippen molar-refractivity contribution in [3.63, 3.8) is 0 Å². The van der Waals surface area contributed by atoms with Gasteiger partial charge in [0, 0.05) is 50.2 Å². The van der Waals surface area contributed by atoms with Crippen molar-refractivity contribution in [1.29, 1.82) is 0 Å². The Bertz CT molecular complexity index is 1630. The SMILES string of the molecule is CN(Cc1ccc2cc1CCc1cncc(c1)Nc1ncc(Cl)c(n1)N2)C(=O)C1CCN(C(=O)Nc2ccccc2)CC1. The first-order valence-corrected chi connectivity index (χ1v) is 14.8. The number of amides is 3. The van der Waals surface area contributed by atoms with Gasteiger partial charge in [0.25, 0.3) is 0 Å². The molecule has 0 aliphatic carbocycles. The van der Waals surface area contributed by atoms with E-state index in [0.29, 0.717) is 49.3 Å². The van der Waals surface area contributed by atoms with Crippen molar-refractivity contribution in [2.24, 2.45) is 5.92 Å². The molecule has 220 valence electrons. The van der Waals surface area contributed by atoms with E-state index in [0.717, 1.165) is 46.6 Å². The lowest BCUT2D eigenvalue weighted by atomic mass is 9.94. The quantitative estimate of drug-likeness (QED) is 0.264. The maximum absolute atomic E-state index is 13.5. The number of rotatable bonds is 4. The second-order valence-electron chi connectivity index (χ2n) is 11.0. The monoisotopic (exact) mass is 596 g/mol. The summed E-state index contributed by atoms with van der Waals surface area (Å²) in [7, 11) is 1.86. The molecule has 4 heterocycles. The van der Waals surface area contributed by atoms with Crippen molar-refractivity contribution in [2.75, 3.05) is 36.1 Å². The van der Waals surface area contributed by atoms with E-state index in [1.165, 1.54) is 0 Å². The molecule has 0 saturated carbocycles. The number of benzene rings is 2. The Kier molecular flexibility index (Phi) is 8.37. The fraction of sp³-hybridized carbons (Fsp3) is 0.281. The molecule has 1 saturated heterocycles. The van der Waals surface area contributed by atoms with Crippen LogP contribution >= 0.6 is 11.6 Å². The summed E-state index contributed by atoms with van der Waals surface area (Å²) in [5.74, 6) is 0.902. The molecule has 1 fully saturated rings. The summed E-state index contributed by atoms with van der Waals surface area (Å²) in [5.41, 5.74) is 5.69. The third-order valence-electron chi connectivity index (χ3n) is 7.89. The molecule has 6 bridgehead atoms. The normalized spacial score (nSPS) is 14.7. The van der Waals surface area contributed by atoms with Gasteiger partial charge >= 0.3 is 6.03 Å². The number of fused-ring (bicyclic) bond motifs is 6. The number of piperidine rings is 1. The molecule has 4 aromatic rings. The lowest BCUT2D eigenvalue weighted by Crippen LogP contribution is -2.44. The van der Waals surface area contributed by atoms with Gasteiger partial charge in [0.15, 0.2) is 5.82 Å². The highest BCUT2D eigenvalue weighted by atomic mass is 35.5. The van der Waals surface area contributed by atoms with Gasteiger partial charge in [-0.2, -0.15) is 4.98 Å². The number of aromatic nitrogens is 3. The van der Waals surface area contributed by atoms with Crippen molar-refractivity contribution < 1.29 is 9.59 Å². The Labute approximate surface area is 255 Å². The van der Waals surface area contributed by atoms with Crippen molar-refractivity contribution in [1.82, 2.24) is 24.8 Å². The molecule has 0 radical (unpaired) electrons. The highest BCUT2D eigenvalue weighted by Crippen LogP contribution is 2.29. The van der Waals surface area contributed by atoms with Crippen LogP contribution in [0.25, 0.3) is 0 Å². The number of carbonyl (C=O) groups excluding carboxylic acids is 2. The summed E-state index contributed by atoms with van der Waals surface area (Å²) < 4.78 is 0. The van der Waals surface area contributed by atoms with Crippen molar-refractivity contribution in [2.45, 2.75) is 32.2 Å². The largest absolute Gasteiger partial charge is 0.341 e. The molecule has 0 unspecified atom stereocenters. The third-order valence-corrected chi connectivity index (χ3v) is 8.16. The Hall–Kier alpha value is -4.70. The van der Waals surface area contributed by atoms with E-state index >= 15 is 0 Å². The van der Waals surface area contributed by atoms with Gasteiger partial charge in [-0.1, -0.05) is 35.9 Å². The minimum atomic E-state index is -0.129. The molecule has 6 rings (SSSR count). The van der Waals surface area contributed by atoms with Crippen molar-refractivity contribution >= 4 is 52.4 Å². The van der Waals surface area contributed by atoms with E-state index in [4.69, 9.17) is 11.6 Å². The molecule has 2 aromatic carbocycles. The first kappa shape index (κ1) is 28.4. The Morgan fingerprint density at radius 2 is 1.81 bits per heavy atom. The smallest absolute Gasteiger partial charge is 0.321 e. The van der Waals surface area contributed by atoms with E-state index in [-0.39, 0.29) is 17.9 Å². The number of para-hydroxylation sites is 1. The molecule has 2 aliphatic rings. The number of pyridine rings is 1. The number of nitrogens with zero attached hydrogens (tertiary/aromatic N) is 5. The predicted octanol–water partition coefficient (Wildman–Crippen LogP) is 6.01. The fourth-order valence-corrected chi connectivity index (χ4v) is 5.68. The predicted molar refractivity (Wildman–Crippen MR) is 168 cm³/mol. The topological polar surface area (TPSA) is 115 Å². The number of hydrogen-bond donors (Lipinski definition) is 3. The van der Waals surface area contributed by atoms with Crippen molar-refractivity contribution in [3.05, 3.63) is 94.9 Å².